The van der Waals surface area contributed by atoms with E-state index < -0.39 is 0 Å². The van der Waals surface area contributed by atoms with Crippen LogP contribution in [-0.4, -0.2) is 32.2 Å². The van der Waals surface area contributed by atoms with E-state index in [4.69, 9.17) is 5.11 Å². The Balaban J connectivity index is 2.32. The molecule has 0 fully saturated rings. The molecule has 13 heavy (non-hydrogen) atoms. The highest BCUT2D eigenvalue weighted by atomic mass is 32.2. The molecule has 0 atom stereocenters. The van der Waals surface area contributed by atoms with Gasteiger partial charge in [-0.2, -0.15) is 11.8 Å². The van der Waals surface area contributed by atoms with Crippen molar-refractivity contribution in [3.05, 3.63) is 11.6 Å². The SMILES string of the molecule is Cc1nnc(CSCCCO)n1C. The van der Waals surface area contributed by atoms with Crippen LogP contribution in [0.15, 0.2) is 0 Å². The number of aliphatic hydroxyl groups is 1. The summed E-state index contributed by atoms with van der Waals surface area (Å²) >= 11 is 1.78. The molecule has 0 aliphatic carbocycles. The van der Waals surface area contributed by atoms with Crippen molar-refractivity contribution in [2.24, 2.45) is 7.05 Å². The van der Waals surface area contributed by atoms with Crippen molar-refractivity contribution in [1.29, 1.82) is 0 Å². The molecule has 5 heteroatoms. The monoisotopic (exact) mass is 201 g/mol. The van der Waals surface area contributed by atoms with E-state index in [1.165, 1.54) is 0 Å². The van der Waals surface area contributed by atoms with Gasteiger partial charge >= 0.3 is 0 Å². The van der Waals surface area contributed by atoms with Crippen molar-refractivity contribution in [3.8, 4) is 0 Å². The zero-order valence-electron chi connectivity index (χ0n) is 8.03. The number of hydrogen-bond acceptors (Lipinski definition) is 4. The molecular weight excluding hydrogens is 186 g/mol. The van der Waals surface area contributed by atoms with E-state index in [0.717, 1.165) is 29.6 Å². The molecule has 1 N–H and O–H groups in total. The molecule has 0 aromatic carbocycles. The molecule has 0 aliphatic rings. The van der Waals surface area contributed by atoms with Gasteiger partial charge in [0.1, 0.15) is 11.6 Å². The Bertz CT molecular complexity index is 262. The van der Waals surface area contributed by atoms with E-state index in [0.29, 0.717) is 0 Å². The third-order valence-electron chi connectivity index (χ3n) is 1.86. The number of thioether (sulfide) groups is 1. The predicted molar refractivity (Wildman–Crippen MR) is 53.6 cm³/mol. The van der Waals surface area contributed by atoms with Gasteiger partial charge < -0.3 is 9.67 Å². The van der Waals surface area contributed by atoms with Crippen LogP contribution < -0.4 is 0 Å². The second-order valence-corrected chi connectivity index (χ2v) is 3.96. The minimum absolute atomic E-state index is 0.269. The molecule has 0 saturated carbocycles. The summed E-state index contributed by atoms with van der Waals surface area (Å²) in [4.78, 5) is 0. The van der Waals surface area contributed by atoms with Crippen molar-refractivity contribution in [2.45, 2.75) is 19.1 Å². The third-order valence-corrected chi connectivity index (χ3v) is 2.90. The largest absolute Gasteiger partial charge is 0.396 e. The zero-order chi connectivity index (χ0) is 9.68. The quantitative estimate of drug-likeness (QED) is 0.714. The molecule has 1 rings (SSSR count). The highest BCUT2D eigenvalue weighted by Gasteiger charge is 2.03. The van der Waals surface area contributed by atoms with Crippen molar-refractivity contribution in [2.75, 3.05) is 12.4 Å². The van der Waals surface area contributed by atoms with E-state index in [2.05, 4.69) is 10.2 Å². The average molecular weight is 201 g/mol. The van der Waals surface area contributed by atoms with Crippen LogP contribution in [0.25, 0.3) is 0 Å². The number of aliphatic hydroxyl groups excluding tert-OH is 1. The van der Waals surface area contributed by atoms with Gasteiger partial charge in [0.15, 0.2) is 0 Å². The number of aromatic nitrogens is 3. The Morgan fingerprint density at radius 1 is 1.46 bits per heavy atom. The molecule has 0 aliphatic heterocycles. The van der Waals surface area contributed by atoms with E-state index in [1.54, 1.807) is 11.8 Å². The van der Waals surface area contributed by atoms with Gasteiger partial charge in [0.25, 0.3) is 0 Å². The van der Waals surface area contributed by atoms with Crippen LogP contribution in [0.5, 0.6) is 0 Å². The molecule has 0 bridgehead atoms. The first kappa shape index (κ1) is 10.5. The molecule has 1 heterocycles. The van der Waals surface area contributed by atoms with Crippen molar-refractivity contribution < 1.29 is 5.11 Å². The highest BCUT2D eigenvalue weighted by Crippen LogP contribution is 2.10. The maximum atomic E-state index is 8.58. The molecule has 0 radical (unpaired) electrons. The van der Waals surface area contributed by atoms with Crippen LogP contribution in [0.4, 0.5) is 0 Å². The number of rotatable bonds is 5. The summed E-state index contributed by atoms with van der Waals surface area (Å²) in [6.45, 7) is 2.21. The lowest BCUT2D eigenvalue weighted by Crippen LogP contribution is -1.98. The molecule has 0 spiro atoms. The second-order valence-electron chi connectivity index (χ2n) is 2.85. The van der Waals surface area contributed by atoms with Gasteiger partial charge in [0, 0.05) is 13.7 Å². The minimum atomic E-state index is 0.269. The third kappa shape index (κ3) is 3.00. The maximum Gasteiger partial charge on any atom is 0.142 e. The molecule has 74 valence electrons. The number of hydrogen-bond donors (Lipinski definition) is 1. The van der Waals surface area contributed by atoms with Crippen molar-refractivity contribution in [1.82, 2.24) is 14.8 Å². The Morgan fingerprint density at radius 3 is 2.77 bits per heavy atom. The summed E-state index contributed by atoms with van der Waals surface area (Å²) in [5, 5.41) is 16.6. The fourth-order valence-electron chi connectivity index (χ4n) is 0.907. The van der Waals surface area contributed by atoms with E-state index in [9.17, 15) is 0 Å². The fraction of sp³-hybridized carbons (Fsp3) is 0.750. The highest BCUT2D eigenvalue weighted by molar-refractivity contribution is 7.98. The maximum absolute atomic E-state index is 8.58. The van der Waals surface area contributed by atoms with Crippen molar-refractivity contribution in [3.63, 3.8) is 0 Å². The van der Waals surface area contributed by atoms with Gasteiger partial charge in [-0.15, -0.1) is 10.2 Å². The van der Waals surface area contributed by atoms with Crippen LogP contribution in [0.2, 0.25) is 0 Å². The lowest BCUT2D eigenvalue weighted by Gasteiger charge is -2.00. The van der Waals surface area contributed by atoms with Gasteiger partial charge in [0.2, 0.25) is 0 Å². The summed E-state index contributed by atoms with van der Waals surface area (Å²) in [6.07, 6.45) is 0.849. The topological polar surface area (TPSA) is 50.9 Å². The second kappa shape index (κ2) is 5.24. The van der Waals surface area contributed by atoms with Crippen LogP contribution in [0, 0.1) is 6.92 Å². The normalized spacial score (nSPS) is 10.7. The Hall–Kier alpha value is -0.550. The fourth-order valence-corrected chi connectivity index (χ4v) is 1.82. The van der Waals surface area contributed by atoms with E-state index in [-0.39, 0.29) is 6.61 Å². The molecule has 4 nitrogen and oxygen atoms in total. The standard InChI is InChI=1S/C8H15N3OS/c1-7-9-10-8(11(7)2)6-13-5-3-4-12/h12H,3-6H2,1-2H3. The minimum Gasteiger partial charge on any atom is -0.396 e. The van der Waals surface area contributed by atoms with Crippen LogP contribution >= 0.6 is 11.8 Å². The van der Waals surface area contributed by atoms with Gasteiger partial charge in [-0.05, 0) is 19.1 Å². The molecule has 1 aromatic rings. The van der Waals surface area contributed by atoms with Crippen molar-refractivity contribution >= 4 is 11.8 Å². The number of aryl methyl sites for hydroxylation is 1. The van der Waals surface area contributed by atoms with Crippen LogP contribution in [0.3, 0.4) is 0 Å². The molecule has 0 saturated heterocycles. The average Bonchev–Trinajstić information content (AvgIpc) is 2.43. The Morgan fingerprint density at radius 2 is 2.23 bits per heavy atom. The molecule has 0 amide bonds. The first-order valence-electron chi connectivity index (χ1n) is 4.29. The smallest absolute Gasteiger partial charge is 0.142 e. The first-order chi connectivity index (χ1) is 6.25. The van der Waals surface area contributed by atoms with E-state index >= 15 is 0 Å². The summed E-state index contributed by atoms with van der Waals surface area (Å²) in [5.74, 6) is 3.79. The molecule has 0 unspecified atom stereocenters. The lowest BCUT2D eigenvalue weighted by atomic mass is 10.5. The molecular formula is C8H15N3OS. The summed E-state index contributed by atoms with van der Waals surface area (Å²) < 4.78 is 1.99. The van der Waals surface area contributed by atoms with Gasteiger partial charge in [-0.25, -0.2) is 0 Å². The van der Waals surface area contributed by atoms with Gasteiger partial charge in [-0.3, -0.25) is 0 Å². The Kier molecular flexibility index (Phi) is 4.24. The summed E-state index contributed by atoms with van der Waals surface area (Å²) in [5.41, 5.74) is 0. The predicted octanol–water partition coefficient (Wildman–Crippen LogP) is 0.739. The van der Waals surface area contributed by atoms with Gasteiger partial charge in [-0.1, -0.05) is 0 Å². The van der Waals surface area contributed by atoms with E-state index in [1.807, 2.05) is 18.5 Å². The number of nitrogens with zero attached hydrogens (tertiary/aromatic N) is 3. The first-order valence-corrected chi connectivity index (χ1v) is 5.44. The Labute approximate surface area is 82.4 Å². The van der Waals surface area contributed by atoms with Crippen LogP contribution in [0.1, 0.15) is 18.1 Å². The summed E-state index contributed by atoms with van der Waals surface area (Å²) in [7, 11) is 1.97. The van der Waals surface area contributed by atoms with Gasteiger partial charge in [0.05, 0.1) is 5.75 Å². The van der Waals surface area contributed by atoms with Crippen LogP contribution in [-0.2, 0) is 12.8 Å². The molecule has 1 aromatic heterocycles. The lowest BCUT2D eigenvalue weighted by molar-refractivity contribution is 0.296. The summed E-state index contributed by atoms with van der Waals surface area (Å²) in [6, 6.07) is 0. The zero-order valence-corrected chi connectivity index (χ0v) is 8.84.